The monoisotopic (exact) mass is 320 g/mol. The Hall–Kier alpha value is -0.100. The summed E-state index contributed by atoms with van der Waals surface area (Å²) >= 11 is 15.1. The fraction of sp³-hybridized carbons (Fsp3) is 0.333. The van der Waals surface area contributed by atoms with Gasteiger partial charge in [0, 0.05) is 22.8 Å². The molecule has 1 unspecified atom stereocenters. The summed E-state index contributed by atoms with van der Waals surface area (Å²) in [5, 5.41) is 0. The van der Waals surface area contributed by atoms with Gasteiger partial charge in [-0.05, 0) is 31.3 Å². The molecule has 2 rings (SSSR count). The van der Waals surface area contributed by atoms with Gasteiger partial charge >= 0.3 is 0 Å². The predicted molar refractivity (Wildman–Crippen MR) is 81.9 cm³/mol. The highest BCUT2D eigenvalue weighted by atomic mass is 35.5. The van der Waals surface area contributed by atoms with E-state index in [9.17, 15) is 0 Å². The normalized spacial score (nSPS) is 13.2. The van der Waals surface area contributed by atoms with Crippen molar-refractivity contribution < 1.29 is 0 Å². The number of nitrogens with two attached hydrogens (primary N) is 1. The highest BCUT2D eigenvalue weighted by Crippen LogP contribution is 2.31. The van der Waals surface area contributed by atoms with Crippen LogP contribution in [0.5, 0.6) is 0 Å². The van der Waals surface area contributed by atoms with Gasteiger partial charge in [-0.1, -0.05) is 23.2 Å². The number of rotatable bonds is 5. The smallest absolute Gasteiger partial charge is 0.0931 e. The van der Waals surface area contributed by atoms with Crippen LogP contribution in [0.3, 0.4) is 0 Å². The van der Waals surface area contributed by atoms with Crippen molar-refractivity contribution in [3.05, 3.63) is 42.7 Å². The molecule has 0 radical (unpaired) electrons. The van der Waals surface area contributed by atoms with E-state index in [2.05, 4.69) is 18.0 Å². The lowest BCUT2D eigenvalue weighted by Crippen LogP contribution is -2.29. The third-order valence-electron chi connectivity index (χ3n) is 2.71. The van der Waals surface area contributed by atoms with Gasteiger partial charge in [-0.15, -0.1) is 22.7 Å². The maximum absolute atomic E-state index is 5.97. The van der Waals surface area contributed by atoms with Crippen LogP contribution in [0.1, 0.15) is 15.8 Å². The Bertz CT molecular complexity index is 510. The number of hydrogen-bond acceptors (Lipinski definition) is 4. The summed E-state index contributed by atoms with van der Waals surface area (Å²) in [6, 6.07) is 8.14. The van der Waals surface area contributed by atoms with Crippen LogP contribution in [0.2, 0.25) is 8.67 Å². The van der Waals surface area contributed by atoms with E-state index in [-0.39, 0.29) is 6.04 Å². The summed E-state index contributed by atoms with van der Waals surface area (Å²) in [6.45, 7) is 1.42. The Morgan fingerprint density at radius 2 is 1.83 bits per heavy atom. The molecule has 2 N–H and O–H groups in total. The molecule has 6 heteroatoms. The quantitative estimate of drug-likeness (QED) is 0.892. The fourth-order valence-corrected chi connectivity index (χ4v) is 4.20. The Balaban J connectivity index is 2.08. The van der Waals surface area contributed by atoms with Gasteiger partial charge in [0.25, 0.3) is 0 Å². The van der Waals surface area contributed by atoms with Crippen molar-refractivity contribution in [3.8, 4) is 0 Å². The molecule has 0 bridgehead atoms. The largest absolute Gasteiger partial charge is 0.329 e. The summed E-state index contributed by atoms with van der Waals surface area (Å²) < 4.78 is 1.62. The van der Waals surface area contributed by atoms with Gasteiger partial charge in [-0.25, -0.2) is 0 Å². The molecule has 2 aromatic heterocycles. The summed E-state index contributed by atoms with van der Waals surface area (Å²) in [4.78, 5) is 4.67. The summed E-state index contributed by atoms with van der Waals surface area (Å²) in [7, 11) is 2.07. The average molecular weight is 321 g/mol. The van der Waals surface area contributed by atoms with E-state index < -0.39 is 0 Å². The van der Waals surface area contributed by atoms with Crippen LogP contribution in [0.4, 0.5) is 0 Å². The minimum Gasteiger partial charge on any atom is -0.329 e. The minimum atomic E-state index is 0.198. The zero-order valence-electron chi connectivity index (χ0n) is 9.90. The third-order valence-corrected chi connectivity index (χ3v) is 5.26. The topological polar surface area (TPSA) is 29.3 Å². The van der Waals surface area contributed by atoms with Crippen molar-refractivity contribution in [2.24, 2.45) is 5.73 Å². The van der Waals surface area contributed by atoms with E-state index in [1.807, 2.05) is 18.2 Å². The first-order valence-electron chi connectivity index (χ1n) is 5.50. The van der Waals surface area contributed by atoms with Gasteiger partial charge in [0.1, 0.15) is 0 Å². The van der Waals surface area contributed by atoms with Crippen LogP contribution in [-0.4, -0.2) is 18.5 Å². The van der Waals surface area contributed by atoms with Crippen molar-refractivity contribution in [1.82, 2.24) is 4.90 Å². The number of thiophene rings is 2. The molecule has 98 valence electrons. The van der Waals surface area contributed by atoms with Crippen molar-refractivity contribution in [1.29, 1.82) is 0 Å². The maximum atomic E-state index is 5.97. The lowest BCUT2D eigenvalue weighted by molar-refractivity contribution is 0.247. The number of hydrogen-bond donors (Lipinski definition) is 1. The van der Waals surface area contributed by atoms with E-state index in [0.29, 0.717) is 6.54 Å². The number of halogens is 2. The molecule has 0 aliphatic rings. The number of nitrogens with zero attached hydrogens (tertiary/aromatic N) is 1. The Morgan fingerprint density at radius 1 is 1.17 bits per heavy atom. The fourth-order valence-electron chi connectivity index (χ4n) is 1.81. The van der Waals surface area contributed by atoms with Gasteiger partial charge in [-0.3, -0.25) is 4.90 Å². The molecular formula is C12H14Cl2N2S2. The van der Waals surface area contributed by atoms with Gasteiger partial charge in [0.05, 0.1) is 14.7 Å². The zero-order valence-corrected chi connectivity index (χ0v) is 13.0. The van der Waals surface area contributed by atoms with Crippen LogP contribution in [0.25, 0.3) is 0 Å². The van der Waals surface area contributed by atoms with Crippen molar-refractivity contribution in [2.75, 3.05) is 13.6 Å². The molecule has 0 aliphatic carbocycles. The van der Waals surface area contributed by atoms with Crippen LogP contribution >= 0.6 is 45.9 Å². The van der Waals surface area contributed by atoms with E-state index in [1.165, 1.54) is 9.75 Å². The molecule has 2 heterocycles. The molecular weight excluding hydrogens is 307 g/mol. The highest BCUT2D eigenvalue weighted by molar-refractivity contribution is 7.16. The Labute approximate surface area is 125 Å². The third kappa shape index (κ3) is 3.47. The first-order chi connectivity index (χ1) is 8.60. The van der Waals surface area contributed by atoms with Gasteiger partial charge in [-0.2, -0.15) is 0 Å². The van der Waals surface area contributed by atoms with Gasteiger partial charge < -0.3 is 5.73 Å². The molecule has 0 amide bonds. The van der Waals surface area contributed by atoms with E-state index >= 15 is 0 Å². The summed E-state index contributed by atoms with van der Waals surface area (Å²) in [6.07, 6.45) is 0. The molecule has 0 aliphatic heterocycles. The Morgan fingerprint density at radius 3 is 2.33 bits per heavy atom. The van der Waals surface area contributed by atoms with Crippen molar-refractivity contribution >= 4 is 45.9 Å². The second-order valence-corrected chi connectivity index (χ2v) is 7.56. The lowest BCUT2D eigenvalue weighted by atomic mass is 10.2. The molecule has 18 heavy (non-hydrogen) atoms. The second-order valence-electron chi connectivity index (χ2n) is 4.01. The number of likely N-dealkylation sites (N-methyl/N-ethyl adjacent to an activating group) is 1. The van der Waals surface area contributed by atoms with Crippen molar-refractivity contribution in [3.63, 3.8) is 0 Å². The SMILES string of the molecule is CN(Cc1ccc(Cl)s1)C(CN)c1ccc(Cl)s1. The first-order valence-corrected chi connectivity index (χ1v) is 7.89. The lowest BCUT2D eigenvalue weighted by Gasteiger charge is -2.25. The maximum Gasteiger partial charge on any atom is 0.0931 e. The average Bonchev–Trinajstić information content (AvgIpc) is 2.89. The molecule has 0 spiro atoms. The molecule has 0 fully saturated rings. The van der Waals surface area contributed by atoms with Gasteiger partial charge in [0.15, 0.2) is 0 Å². The van der Waals surface area contributed by atoms with Crippen LogP contribution in [0, 0.1) is 0 Å². The molecule has 0 aromatic carbocycles. The summed E-state index contributed by atoms with van der Waals surface area (Å²) in [5.74, 6) is 0. The van der Waals surface area contributed by atoms with E-state index in [0.717, 1.165) is 15.2 Å². The second kappa shape index (κ2) is 6.37. The molecule has 2 nitrogen and oxygen atoms in total. The standard InChI is InChI=1S/C12H14Cl2N2S2/c1-16(7-8-2-4-11(13)17-8)9(6-15)10-3-5-12(14)18-10/h2-5,9H,6-7,15H2,1H3. The highest BCUT2D eigenvalue weighted by Gasteiger charge is 2.18. The zero-order chi connectivity index (χ0) is 13.1. The van der Waals surface area contributed by atoms with E-state index in [4.69, 9.17) is 28.9 Å². The van der Waals surface area contributed by atoms with E-state index in [1.54, 1.807) is 22.7 Å². The molecule has 0 saturated carbocycles. The van der Waals surface area contributed by atoms with Gasteiger partial charge in [0.2, 0.25) is 0 Å². The predicted octanol–water partition coefficient (Wildman–Crippen LogP) is 4.25. The van der Waals surface area contributed by atoms with Crippen molar-refractivity contribution in [2.45, 2.75) is 12.6 Å². The summed E-state index contributed by atoms with van der Waals surface area (Å²) in [5.41, 5.74) is 5.87. The first kappa shape index (κ1) is 14.3. The molecule has 1 atom stereocenters. The van der Waals surface area contributed by atoms with Crippen LogP contribution < -0.4 is 5.73 Å². The Kier molecular flexibility index (Phi) is 5.06. The van der Waals surface area contributed by atoms with Crippen LogP contribution in [0.15, 0.2) is 24.3 Å². The minimum absolute atomic E-state index is 0.198. The molecule has 2 aromatic rings. The van der Waals surface area contributed by atoms with Crippen LogP contribution in [-0.2, 0) is 6.54 Å². The molecule has 0 saturated heterocycles.